The largest absolute Gasteiger partial charge is 0.389 e. The first-order valence-electron chi connectivity index (χ1n) is 13.6. The zero-order valence-corrected chi connectivity index (χ0v) is 22.3. The van der Waals surface area contributed by atoms with E-state index in [1.165, 1.54) is 16.9 Å². The molecule has 2 saturated carbocycles. The van der Waals surface area contributed by atoms with Crippen LogP contribution in [-0.4, -0.2) is 48.5 Å². The molecule has 2 amide bonds. The molecule has 5 rings (SSSR count). The number of carbonyl (C=O) groups excluding carboxylic acids is 2. The molecule has 2 aliphatic rings. The summed E-state index contributed by atoms with van der Waals surface area (Å²) in [5.41, 5.74) is 2.01. The number of rotatable bonds is 9. The minimum Gasteiger partial charge on any atom is -0.349 e. The number of carbonyl (C=O) groups is 2. The standard InChI is InChI=1S/C27H30F5N7O2/c1-15-7-11-33-24(35-15)25(41)38-23(17-4-8-26(28,29)9-5-17)19-14-39-20(36-19)12-18(13-34-39)22(16-2-3-16)37-21(40)6-10-27(30,31)32/h7,11-14,16-17,22-23H,2-6,8-10H2,1H3,(H,37,40)(H,38,41)/t22?,23-/m0/s1. The quantitative estimate of drug-likeness (QED) is 0.344. The Hall–Kier alpha value is -3.71. The van der Waals surface area contributed by atoms with Crippen molar-refractivity contribution in [1.82, 2.24) is 35.2 Å². The Morgan fingerprint density at radius 1 is 1.07 bits per heavy atom. The van der Waals surface area contributed by atoms with E-state index >= 15 is 0 Å². The Morgan fingerprint density at radius 3 is 2.44 bits per heavy atom. The molecule has 9 nitrogen and oxygen atoms in total. The van der Waals surface area contributed by atoms with E-state index in [1.54, 1.807) is 25.3 Å². The van der Waals surface area contributed by atoms with Gasteiger partial charge >= 0.3 is 6.18 Å². The van der Waals surface area contributed by atoms with Crippen molar-refractivity contribution in [3.63, 3.8) is 0 Å². The van der Waals surface area contributed by atoms with Gasteiger partial charge in [-0.3, -0.25) is 9.59 Å². The van der Waals surface area contributed by atoms with Crippen LogP contribution >= 0.6 is 0 Å². The van der Waals surface area contributed by atoms with Crippen molar-refractivity contribution in [3.05, 3.63) is 53.5 Å². The molecule has 0 spiro atoms. The second-order valence-corrected chi connectivity index (χ2v) is 10.9. The van der Waals surface area contributed by atoms with Crippen molar-refractivity contribution in [2.45, 2.75) is 82.5 Å². The number of halogens is 5. The molecule has 2 fully saturated rings. The first-order chi connectivity index (χ1) is 19.4. The summed E-state index contributed by atoms with van der Waals surface area (Å²) in [6, 6.07) is 2.12. The highest BCUT2D eigenvalue weighted by Gasteiger charge is 2.40. The maximum atomic E-state index is 13.9. The topological polar surface area (TPSA) is 114 Å². The van der Waals surface area contributed by atoms with Crippen LogP contribution in [0.15, 0.2) is 30.7 Å². The molecule has 0 saturated heterocycles. The molecule has 220 valence electrons. The molecule has 1 unspecified atom stereocenters. The van der Waals surface area contributed by atoms with Crippen LogP contribution in [0.4, 0.5) is 22.0 Å². The zero-order valence-electron chi connectivity index (χ0n) is 22.3. The molecule has 14 heteroatoms. The average Bonchev–Trinajstić information content (AvgIpc) is 3.66. The molecular formula is C27H30F5N7O2. The number of aromatic nitrogens is 5. The summed E-state index contributed by atoms with van der Waals surface area (Å²) in [5, 5.41) is 9.99. The number of nitrogens with zero attached hydrogens (tertiary/aromatic N) is 5. The third-order valence-corrected chi connectivity index (χ3v) is 7.60. The van der Waals surface area contributed by atoms with Crippen LogP contribution in [0.1, 0.15) is 91.0 Å². The summed E-state index contributed by atoms with van der Waals surface area (Å²) in [6.07, 6.45) is -0.328. The summed E-state index contributed by atoms with van der Waals surface area (Å²) in [6.45, 7) is 1.72. The second-order valence-electron chi connectivity index (χ2n) is 10.9. The molecule has 0 aliphatic heterocycles. The van der Waals surface area contributed by atoms with Crippen molar-refractivity contribution in [1.29, 1.82) is 0 Å². The van der Waals surface area contributed by atoms with Gasteiger partial charge in [-0.2, -0.15) is 18.3 Å². The number of alkyl halides is 5. The first kappa shape index (κ1) is 28.8. The molecule has 2 N–H and O–H groups in total. The van der Waals surface area contributed by atoms with E-state index in [0.717, 1.165) is 12.8 Å². The van der Waals surface area contributed by atoms with Crippen molar-refractivity contribution >= 4 is 17.5 Å². The van der Waals surface area contributed by atoms with Crippen molar-refractivity contribution in [3.8, 4) is 0 Å². The fourth-order valence-corrected chi connectivity index (χ4v) is 5.23. The molecule has 3 aromatic heterocycles. The maximum absolute atomic E-state index is 13.9. The highest BCUT2D eigenvalue weighted by atomic mass is 19.4. The predicted molar refractivity (Wildman–Crippen MR) is 136 cm³/mol. The van der Waals surface area contributed by atoms with Crippen LogP contribution in [-0.2, 0) is 4.79 Å². The van der Waals surface area contributed by atoms with Crippen molar-refractivity contribution in [2.24, 2.45) is 11.8 Å². The zero-order chi connectivity index (χ0) is 29.4. The lowest BCUT2D eigenvalue weighted by molar-refractivity contribution is -0.144. The highest BCUT2D eigenvalue weighted by molar-refractivity contribution is 5.90. The molecular weight excluding hydrogens is 549 g/mol. The van der Waals surface area contributed by atoms with E-state index < -0.39 is 48.8 Å². The van der Waals surface area contributed by atoms with E-state index in [2.05, 4.69) is 30.7 Å². The lowest BCUT2D eigenvalue weighted by Crippen LogP contribution is -2.38. The molecule has 2 atom stereocenters. The predicted octanol–water partition coefficient (Wildman–Crippen LogP) is 5.03. The normalized spacial score (nSPS) is 19.1. The van der Waals surface area contributed by atoms with Crippen LogP contribution in [0.25, 0.3) is 5.65 Å². The molecule has 3 aromatic rings. The van der Waals surface area contributed by atoms with Gasteiger partial charge in [-0.1, -0.05) is 0 Å². The second kappa shape index (κ2) is 11.3. The average molecular weight is 580 g/mol. The number of fused-ring (bicyclic) bond motifs is 1. The van der Waals surface area contributed by atoms with Gasteiger partial charge in [-0.25, -0.2) is 28.2 Å². The summed E-state index contributed by atoms with van der Waals surface area (Å²) in [4.78, 5) is 38.2. The van der Waals surface area contributed by atoms with Gasteiger partial charge in [0.2, 0.25) is 17.7 Å². The number of nitrogens with one attached hydrogen (secondary N) is 2. The Balaban J connectivity index is 1.39. The van der Waals surface area contributed by atoms with E-state index in [4.69, 9.17) is 0 Å². The fraction of sp³-hybridized carbons (Fsp3) is 0.556. The van der Waals surface area contributed by atoms with E-state index in [1.807, 2.05) is 0 Å². The SMILES string of the molecule is Cc1ccnc(C(=O)N[C@H](c2cn3ncc(C(NC(=O)CCC(F)(F)F)C4CC4)cc3n2)C2CCC(F)(F)CC2)n1. The molecule has 0 aromatic carbocycles. The van der Waals surface area contributed by atoms with Gasteiger partial charge < -0.3 is 10.6 Å². The number of aryl methyl sites for hydroxylation is 1. The van der Waals surface area contributed by atoms with Crippen molar-refractivity contribution in [2.75, 3.05) is 0 Å². The van der Waals surface area contributed by atoms with Crippen LogP contribution in [0, 0.1) is 18.8 Å². The lowest BCUT2D eigenvalue weighted by atomic mass is 9.81. The van der Waals surface area contributed by atoms with Crippen LogP contribution in [0.5, 0.6) is 0 Å². The minimum atomic E-state index is -4.43. The third-order valence-electron chi connectivity index (χ3n) is 7.60. The van der Waals surface area contributed by atoms with Gasteiger partial charge in [0.25, 0.3) is 5.91 Å². The summed E-state index contributed by atoms with van der Waals surface area (Å²) in [7, 11) is 0. The van der Waals surface area contributed by atoms with Crippen LogP contribution < -0.4 is 10.6 Å². The highest BCUT2D eigenvalue weighted by Crippen LogP contribution is 2.43. The summed E-state index contributed by atoms with van der Waals surface area (Å²) < 4.78 is 67.1. The lowest BCUT2D eigenvalue weighted by Gasteiger charge is -2.33. The van der Waals surface area contributed by atoms with Gasteiger partial charge in [0.1, 0.15) is 0 Å². The Labute approximate surface area is 232 Å². The van der Waals surface area contributed by atoms with E-state index in [9.17, 15) is 31.5 Å². The fourth-order valence-electron chi connectivity index (χ4n) is 5.23. The van der Waals surface area contributed by atoms with Crippen molar-refractivity contribution < 1.29 is 31.5 Å². The Bertz CT molecular complexity index is 1410. The molecule has 0 radical (unpaired) electrons. The number of imidazole rings is 1. The van der Waals surface area contributed by atoms with Crippen LogP contribution in [0.2, 0.25) is 0 Å². The number of hydrogen-bond acceptors (Lipinski definition) is 6. The summed E-state index contributed by atoms with van der Waals surface area (Å²) in [5.74, 6) is -4.30. The number of amides is 2. The summed E-state index contributed by atoms with van der Waals surface area (Å²) >= 11 is 0. The van der Waals surface area contributed by atoms with Gasteiger partial charge in [0.15, 0.2) is 5.65 Å². The monoisotopic (exact) mass is 579 g/mol. The molecule has 3 heterocycles. The maximum Gasteiger partial charge on any atom is 0.389 e. The molecule has 0 bridgehead atoms. The smallest absolute Gasteiger partial charge is 0.349 e. The van der Waals surface area contributed by atoms with Crippen LogP contribution in [0.3, 0.4) is 0 Å². The molecule has 41 heavy (non-hydrogen) atoms. The Morgan fingerprint density at radius 2 is 1.78 bits per heavy atom. The van der Waals surface area contributed by atoms with Gasteiger partial charge in [0.05, 0.1) is 36.6 Å². The van der Waals surface area contributed by atoms with Gasteiger partial charge in [-0.15, -0.1) is 0 Å². The minimum absolute atomic E-state index is 0.0474. The third kappa shape index (κ3) is 7.33. The van der Waals surface area contributed by atoms with E-state index in [-0.39, 0.29) is 43.3 Å². The first-order valence-corrected chi connectivity index (χ1v) is 13.6. The van der Waals surface area contributed by atoms with Gasteiger partial charge in [-0.05, 0) is 62.1 Å². The molecule has 2 aliphatic carbocycles. The van der Waals surface area contributed by atoms with Gasteiger partial charge in [0, 0.05) is 31.2 Å². The Kier molecular flexibility index (Phi) is 7.93. The number of hydrogen-bond donors (Lipinski definition) is 2. The van der Waals surface area contributed by atoms with E-state index in [0.29, 0.717) is 22.6 Å².